The second-order valence-corrected chi connectivity index (χ2v) is 3.34. The van der Waals surface area contributed by atoms with E-state index in [1.807, 2.05) is 0 Å². The predicted molar refractivity (Wildman–Crippen MR) is 51.2 cm³/mol. The molecule has 4 N–H and O–H groups in total. The molecule has 0 heterocycles. The number of benzene rings is 1. The highest BCUT2D eigenvalue weighted by Gasteiger charge is 2.22. The van der Waals surface area contributed by atoms with Crippen LogP contribution in [0.3, 0.4) is 0 Å². The van der Waals surface area contributed by atoms with Crippen LogP contribution in [0.1, 0.15) is 12.0 Å². The molecule has 1 aromatic carbocycles. The lowest BCUT2D eigenvalue weighted by atomic mass is 10.0. The van der Waals surface area contributed by atoms with E-state index in [0.717, 1.165) is 0 Å². The minimum atomic E-state index is -1.47. The molecule has 3 nitrogen and oxygen atoms in total. The Bertz CT molecular complexity index is 271. The maximum Gasteiger partial charge on any atom is 0.141 e. The smallest absolute Gasteiger partial charge is 0.141 e. The lowest BCUT2D eigenvalue weighted by Crippen LogP contribution is -2.37. The first-order valence-electron chi connectivity index (χ1n) is 3.94. The van der Waals surface area contributed by atoms with Gasteiger partial charge in [0.25, 0.3) is 0 Å². The molecule has 0 bridgehead atoms. The topological polar surface area (TPSA) is 66.5 Å². The third-order valence-corrected chi connectivity index (χ3v) is 2.09. The normalized spacial score (nSPS) is 15.4. The van der Waals surface area contributed by atoms with Crippen molar-refractivity contribution in [1.29, 1.82) is 0 Å². The van der Waals surface area contributed by atoms with Crippen LogP contribution in [-0.2, 0) is 5.72 Å². The number of rotatable bonds is 3. The Labute approximate surface area is 81.8 Å². The van der Waals surface area contributed by atoms with Gasteiger partial charge in [0.05, 0.1) is 0 Å². The van der Waals surface area contributed by atoms with E-state index in [-0.39, 0.29) is 13.0 Å². The molecule has 0 aliphatic rings. The highest BCUT2D eigenvalue weighted by molar-refractivity contribution is 6.30. The quantitative estimate of drug-likeness (QED) is 0.635. The summed E-state index contributed by atoms with van der Waals surface area (Å²) >= 11 is 5.67. The Balaban J connectivity index is 2.87. The minimum absolute atomic E-state index is 0.106. The molecule has 0 aliphatic carbocycles. The molecule has 1 unspecified atom stereocenters. The van der Waals surface area contributed by atoms with Crippen LogP contribution < -0.4 is 5.73 Å². The third-order valence-electron chi connectivity index (χ3n) is 1.84. The summed E-state index contributed by atoms with van der Waals surface area (Å²) < 4.78 is 0. The molecule has 0 amide bonds. The summed E-state index contributed by atoms with van der Waals surface area (Å²) in [6, 6.07) is 6.56. The van der Waals surface area contributed by atoms with E-state index in [4.69, 9.17) is 22.4 Å². The molecule has 4 heteroatoms. The Kier molecular flexibility index (Phi) is 3.27. The van der Waals surface area contributed by atoms with Gasteiger partial charge in [0.2, 0.25) is 0 Å². The molecule has 0 saturated heterocycles. The second kappa shape index (κ2) is 4.07. The van der Waals surface area contributed by atoms with Gasteiger partial charge in [-0.15, -0.1) is 0 Å². The van der Waals surface area contributed by atoms with Crippen LogP contribution in [-0.4, -0.2) is 16.8 Å². The van der Waals surface area contributed by atoms with Gasteiger partial charge in [0, 0.05) is 18.1 Å². The molecule has 0 radical (unpaired) electrons. The Morgan fingerprint density at radius 2 is 1.85 bits per heavy atom. The van der Waals surface area contributed by atoms with Crippen molar-refractivity contribution in [3.8, 4) is 0 Å². The first kappa shape index (κ1) is 10.5. The molecule has 0 saturated carbocycles. The fourth-order valence-electron chi connectivity index (χ4n) is 1.05. The van der Waals surface area contributed by atoms with Gasteiger partial charge in [0.1, 0.15) is 5.72 Å². The predicted octanol–water partition coefficient (Wildman–Crippen LogP) is 0.826. The number of halogens is 1. The van der Waals surface area contributed by atoms with Crippen molar-refractivity contribution < 1.29 is 10.2 Å². The molecule has 72 valence electrons. The number of aliphatic hydroxyl groups excluding tert-OH is 1. The van der Waals surface area contributed by atoms with Gasteiger partial charge < -0.3 is 10.2 Å². The van der Waals surface area contributed by atoms with Crippen molar-refractivity contribution >= 4 is 11.6 Å². The van der Waals surface area contributed by atoms with Gasteiger partial charge in [0.15, 0.2) is 0 Å². The van der Waals surface area contributed by atoms with Gasteiger partial charge in [-0.05, 0) is 17.7 Å². The zero-order valence-electron chi connectivity index (χ0n) is 7.07. The third kappa shape index (κ3) is 2.67. The summed E-state index contributed by atoms with van der Waals surface area (Å²) in [5, 5.41) is 18.9. The fraction of sp³-hybridized carbons (Fsp3) is 0.333. The zero-order valence-corrected chi connectivity index (χ0v) is 7.83. The molecule has 1 atom stereocenters. The lowest BCUT2D eigenvalue weighted by molar-refractivity contribution is 0.0176. The minimum Gasteiger partial charge on any atom is -0.396 e. The van der Waals surface area contributed by atoms with Gasteiger partial charge >= 0.3 is 0 Å². The summed E-state index contributed by atoms with van der Waals surface area (Å²) in [6.45, 7) is -0.157. The average molecular weight is 202 g/mol. The Hall–Kier alpha value is -0.610. The molecule has 0 aliphatic heterocycles. The summed E-state index contributed by atoms with van der Waals surface area (Å²) in [4.78, 5) is 0. The van der Waals surface area contributed by atoms with Crippen LogP contribution in [0.15, 0.2) is 24.3 Å². The summed E-state index contributed by atoms with van der Waals surface area (Å²) in [6.07, 6.45) is 0.106. The van der Waals surface area contributed by atoms with E-state index in [0.29, 0.717) is 10.6 Å². The highest BCUT2D eigenvalue weighted by Crippen LogP contribution is 2.20. The van der Waals surface area contributed by atoms with Gasteiger partial charge in [-0.2, -0.15) is 0 Å². The molecular weight excluding hydrogens is 190 g/mol. The molecule has 1 aromatic rings. The summed E-state index contributed by atoms with van der Waals surface area (Å²) in [7, 11) is 0. The highest BCUT2D eigenvalue weighted by atomic mass is 35.5. The van der Waals surface area contributed by atoms with Crippen molar-refractivity contribution in [2.24, 2.45) is 5.73 Å². The van der Waals surface area contributed by atoms with E-state index >= 15 is 0 Å². The zero-order chi connectivity index (χ0) is 9.90. The average Bonchev–Trinajstić information content (AvgIpc) is 2.05. The Morgan fingerprint density at radius 3 is 2.31 bits per heavy atom. The maximum absolute atomic E-state index is 9.65. The second-order valence-electron chi connectivity index (χ2n) is 2.90. The lowest BCUT2D eigenvalue weighted by Gasteiger charge is -2.22. The van der Waals surface area contributed by atoms with Crippen LogP contribution in [0, 0.1) is 0 Å². The standard InChI is InChI=1S/C9H12ClNO2/c10-8-3-1-7(2-4-8)9(11,13)5-6-12/h1-4,12-13H,5-6,11H2. The van der Waals surface area contributed by atoms with Crippen LogP contribution in [0.2, 0.25) is 5.02 Å². The summed E-state index contributed by atoms with van der Waals surface area (Å²) in [5.74, 6) is 0. The molecular formula is C9H12ClNO2. The van der Waals surface area contributed by atoms with Crippen molar-refractivity contribution in [3.05, 3.63) is 34.9 Å². The number of aliphatic hydroxyl groups is 2. The molecule has 0 spiro atoms. The number of hydrogen-bond acceptors (Lipinski definition) is 3. The molecule has 13 heavy (non-hydrogen) atoms. The van der Waals surface area contributed by atoms with E-state index in [1.165, 1.54) is 0 Å². The maximum atomic E-state index is 9.65. The fourth-order valence-corrected chi connectivity index (χ4v) is 1.18. The van der Waals surface area contributed by atoms with E-state index < -0.39 is 5.72 Å². The van der Waals surface area contributed by atoms with Crippen molar-refractivity contribution in [3.63, 3.8) is 0 Å². The van der Waals surface area contributed by atoms with Crippen molar-refractivity contribution in [2.75, 3.05) is 6.61 Å². The summed E-state index contributed by atoms with van der Waals surface area (Å²) in [5.41, 5.74) is 4.63. The van der Waals surface area contributed by atoms with Crippen LogP contribution in [0.4, 0.5) is 0 Å². The van der Waals surface area contributed by atoms with Crippen LogP contribution >= 0.6 is 11.6 Å². The Morgan fingerprint density at radius 1 is 1.31 bits per heavy atom. The monoisotopic (exact) mass is 201 g/mol. The van der Waals surface area contributed by atoms with E-state index in [2.05, 4.69) is 0 Å². The van der Waals surface area contributed by atoms with Crippen molar-refractivity contribution in [1.82, 2.24) is 0 Å². The molecule has 1 rings (SSSR count). The van der Waals surface area contributed by atoms with Crippen molar-refractivity contribution in [2.45, 2.75) is 12.1 Å². The first-order valence-corrected chi connectivity index (χ1v) is 4.32. The molecule has 0 fully saturated rings. The first-order chi connectivity index (χ1) is 6.06. The number of hydrogen-bond donors (Lipinski definition) is 3. The SMILES string of the molecule is NC(O)(CCO)c1ccc(Cl)cc1. The molecule has 0 aromatic heterocycles. The van der Waals surface area contributed by atoms with Gasteiger partial charge in [-0.3, -0.25) is 5.73 Å². The van der Waals surface area contributed by atoms with Crippen LogP contribution in [0.25, 0.3) is 0 Å². The van der Waals surface area contributed by atoms with Gasteiger partial charge in [-0.25, -0.2) is 0 Å². The van der Waals surface area contributed by atoms with E-state index in [9.17, 15) is 5.11 Å². The van der Waals surface area contributed by atoms with E-state index in [1.54, 1.807) is 24.3 Å². The van der Waals surface area contributed by atoms with Crippen LogP contribution in [0.5, 0.6) is 0 Å². The van der Waals surface area contributed by atoms with Gasteiger partial charge in [-0.1, -0.05) is 23.7 Å². The largest absolute Gasteiger partial charge is 0.396 e. The number of nitrogens with two attached hydrogens (primary N) is 1.